The highest BCUT2D eigenvalue weighted by Crippen LogP contribution is 2.22. The number of nitrogens with one attached hydrogen (secondary N) is 1. The Morgan fingerprint density at radius 2 is 1.95 bits per heavy atom. The van der Waals surface area contributed by atoms with Crippen LogP contribution >= 0.6 is 15.9 Å². The molecule has 108 valence electrons. The van der Waals surface area contributed by atoms with Gasteiger partial charge in [0.25, 0.3) is 5.91 Å². The van der Waals surface area contributed by atoms with Gasteiger partial charge in [0.15, 0.2) is 0 Å². The van der Waals surface area contributed by atoms with E-state index in [9.17, 15) is 14.0 Å². The SMILES string of the molecule is Cc1cc(C(=O)Nc2c(F)cccc2C(=O)O)ccc1Br. The first kappa shape index (κ1) is 15.2. The molecule has 6 heteroatoms. The van der Waals surface area contributed by atoms with E-state index in [1.165, 1.54) is 12.1 Å². The van der Waals surface area contributed by atoms with E-state index in [4.69, 9.17) is 5.11 Å². The molecule has 0 fully saturated rings. The van der Waals surface area contributed by atoms with Crippen molar-refractivity contribution in [3.63, 3.8) is 0 Å². The second kappa shape index (κ2) is 6.05. The van der Waals surface area contributed by atoms with Crippen molar-refractivity contribution in [2.24, 2.45) is 0 Å². The number of hydrogen-bond donors (Lipinski definition) is 2. The molecule has 0 aromatic heterocycles. The Labute approximate surface area is 128 Å². The lowest BCUT2D eigenvalue weighted by Gasteiger charge is -2.10. The number of amides is 1. The number of carbonyl (C=O) groups excluding carboxylic acids is 1. The van der Waals surface area contributed by atoms with Crippen LogP contribution in [0.2, 0.25) is 0 Å². The van der Waals surface area contributed by atoms with Crippen LogP contribution < -0.4 is 5.32 Å². The standard InChI is InChI=1S/C15H11BrFNO3/c1-8-7-9(5-6-11(8)16)14(19)18-13-10(15(20)21)3-2-4-12(13)17/h2-7H,1H3,(H,18,19)(H,20,21). The third-order valence-corrected chi connectivity index (χ3v) is 3.79. The summed E-state index contributed by atoms with van der Waals surface area (Å²) in [7, 11) is 0. The van der Waals surface area contributed by atoms with Crippen molar-refractivity contribution in [3.8, 4) is 0 Å². The first-order chi connectivity index (χ1) is 9.90. The summed E-state index contributed by atoms with van der Waals surface area (Å²) in [6.07, 6.45) is 0. The topological polar surface area (TPSA) is 66.4 Å². The highest BCUT2D eigenvalue weighted by molar-refractivity contribution is 9.10. The van der Waals surface area contributed by atoms with E-state index < -0.39 is 17.7 Å². The Hall–Kier alpha value is -2.21. The first-order valence-electron chi connectivity index (χ1n) is 5.99. The number of aryl methyl sites for hydroxylation is 1. The largest absolute Gasteiger partial charge is 0.478 e. The number of anilines is 1. The molecule has 0 radical (unpaired) electrons. The van der Waals surface area contributed by atoms with E-state index in [1.807, 2.05) is 6.92 Å². The monoisotopic (exact) mass is 351 g/mol. The summed E-state index contributed by atoms with van der Waals surface area (Å²) in [5.41, 5.74) is 0.526. The van der Waals surface area contributed by atoms with E-state index >= 15 is 0 Å². The average Bonchev–Trinajstić information content (AvgIpc) is 2.43. The lowest BCUT2D eigenvalue weighted by Crippen LogP contribution is -2.16. The van der Waals surface area contributed by atoms with Gasteiger partial charge in [-0.3, -0.25) is 4.79 Å². The van der Waals surface area contributed by atoms with Crippen LogP contribution in [-0.2, 0) is 0 Å². The Kier molecular flexibility index (Phi) is 4.37. The smallest absolute Gasteiger partial charge is 0.337 e. The van der Waals surface area contributed by atoms with Gasteiger partial charge in [-0.2, -0.15) is 0 Å². The van der Waals surface area contributed by atoms with Crippen LogP contribution in [0.15, 0.2) is 40.9 Å². The van der Waals surface area contributed by atoms with Gasteiger partial charge in [-0.15, -0.1) is 0 Å². The first-order valence-corrected chi connectivity index (χ1v) is 6.78. The molecule has 0 aliphatic rings. The van der Waals surface area contributed by atoms with Gasteiger partial charge in [0.1, 0.15) is 5.82 Å². The Balaban J connectivity index is 2.36. The molecule has 2 N–H and O–H groups in total. The van der Waals surface area contributed by atoms with Crippen LogP contribution in [0.3, 0.4) is 0 Å². The zero-order valence-electron chi connectivity index (χ0n) is 11.0. The molecule has 0 heterocycles. The van der Waals surface area contributed by atoms with Crippen molar-refractivity contribution in [2.45, 2.75) is 6.92 Å². The third kappa shape index (κ3) is 3.28. The highest BCUT2D eigenvalue weighted by Gasteiger charge is 2.17. The van der Waals surface area contributed by atoms with Crippen molar-refractivity contribution < 1.29 is 19.1 Å². The fourth-order valence-electron chi connectivity index (χ4n) is 1.80. The summed E-state index contributed by atoms with van der Waals surface area (Å²) in [6, 6.07) is 8.49. The number of rotatable bonds is 3. The number of carboxylic acid groups (broad SMARTS) is 1. The number of carboxylic acids is 1. The lowest BCUT2D eigenvalue weighted by atomic mass is 10.1. The molecule has 0 bridgehead atoms. The maximum Gasteiger partial charge on any atom is 0.337 e. The minimum absolute atomic E-state index is 0.294. The van der Waals surface area contributed by atoms with Crippen LogP contribution in [0.5, 0.6) is 0 Å². The average molecular weight is 352 g/mol. The molecule has 0 saturated carbocycles. The molecule has 2 rings (SSSR count). The van der Waals surface area contributed by atoms with E-state index in [2.05, 4.69) is 21.2 Å². The normalized spacial score (nSPS) is 10.2. The summed E-state index contributed by atoms with van der Waals surface area (Å²) in [4.78, 5) is 23.2. The summed E-state index contributed by atoms with van der Waals surface area (Å²) in [5, 5.41) is 11.3. The predicted molar refractivity (Wildman–Crippen MR) is 80.2 cm³/mol. The third-order valence-electron chi connectivity index (χ3n) is 2.90. The van der Waals surface area contributed by atoms with Crippen molar-refractivity contribution in [2.75, 3.05) is 5.32 Å². The quantitative estimate of drug-likeness (QED) is 0.882. The molecule has 0 atom stereocenters. The fourth-order valence-corrected chi connectivity index (χ4v) is 2.05. The summed E-state index contributed by atoms with van der Waals surface area (Å²) < 4.78 is 14.6. The van der Waals surface area contributed by atoms with Crippen molar-refractivity contribution in [3.05, 3.63) is 63.4 Å². The van der Waals surface area contributed by atoms with Gasteiger partial charge >= 0.3 is 5.97 Å². The molecule has 0 saturated heterocycles. The lowest BCUT2D eigenvalue weighted by molar-refractivity contribution is 0.0697. The van der Waals surface area contributed by atoms with E-state index in [-0.39, 0.29) is 11.3 Å². The van der Waals surface area contributed by atoms with Gasteiger partial charge in [0, 0.05) is 10.0 Å². The summed E-state index contributed by atoms with van der Waals surface area (Å²) >= 11 is 3.32. The van der Waals surface area contributed by atoms with E-state index in [0.717, 1.165) is 16.1 Å². The number of carbonyl (C=O) groups is 2. The van der Waals surface area contributed by atoms with Crippen LogP contribution in [0.4, 0.5) is 10.1 Å². The molecule has 0 unspecified atom stereocenters. The summed E-state index contributed by atoms with van der Waals surface area (Å²) in [6.45, 7) is 1.81. The van der Waals surface area contributed by atoms with Crippen molar-refractivity contribution >= 4 is 33.5 Å². The van der Waals surface area contributed by atoms with Crippen LogP contribution in [0, 0.1) is 12.7 Å². The molecule has 2 aromatic carbocycles. The number of para-hydroxylation sites is 1. The molecule has 1 amide bonds. The Morgan fingerprint density at radius 3 is 2.57 bits per heavy atom. The van der Waals surface area contributed by atoms with Crippen LogP contribution in [0.1, 0.15) is 26.3 Å². The van der Waals surface area contributed by atoms with Gasteiger partial charge in [0.05, 0.1) is 11.3 Å². The zero-order valence-corrected chi connectivity index (χ0v) is 12.6. The maximum atomic E-state index is 13.7. The minimum Gasteiger partial charge on any atom is -0.478 e. The second-order valence-electron chi connectivity index (χ2n) is 4.39. The second-order valence-corrected chi connectivity index (χ2v) is 5.24. The van der Waals surface area contributed by atoms with Gasteiger partial charge in [0.2, 0.25) is 0 Å². The van der Waals surface area contributed by atoms with Gasteiger partial charge < -0.3 is 10.4 Å². The molecule has 0 spiro atoms. The molecule has 4 nitrogen and oxygen atoms in total. The van der Waals surface area contributed by atoms with Gasteiger partial charge in [-0.25, -0.2) is 9.18 Å². The number of benzene rings is 2. The fraction of sp³-hybridized carbons (Fsp3) is 0.0667. The molecule has 0 aliphatic heterocycles. The van der Waals surface area contributed by atoms with Crippen molar-refractivity contribution in [1.29, 1.82) is 0 Å². The van der Waals surface area contributed by atoms with Gasteiger partial charge in [-0.05, 0) is 42.8 Å². The Bertz CT molecular complexity index is 731. The minimum atomic E-state index is -1.31. The number of hydrogen-bond acceptors (Lipinski definition) is 2. The Morgan fingerprint density at radius 1 is 1.24 bits per heavy atom. The highest BCUT2D eigenvalue weighted by atomic mass is 79.9. The number of halogens is 2. The zero-order chi connectivity index (χ0) is 15.6. The summed E-state index contributed by atoms with van der Waals surface area (Å²) in [5.74, 6) is -2.67. The van der Waals surface area contributed by atoms with E-state index in [0.29, 0.717) is 5.56 Å². The maximum absolute atomic E-state index is 13.7. The predicted octanol–water partition coefficient (Wildman–Crippen LogP) is 3.85. The van der Waals surface area contributed by atoms with E-state index in [1.54, 1.807) is 18.2 Å². The molecule has 21 heavy (non-hydrogen) atoms. The molecular weight excluding hydrogens is 341 g/mol. The van der Waals surface area contributed by atoms with Crippen LogP contribution in [-0.4, -0.2) is 17.0 Å². The van der Waals surface area contributed by atoms with Gasteiger partial charge in [-0.1, -0.05) is 22.0 Å². The molecule has 0 aliphatic carbocycles. The molecular formula is C15H11BrFNO3. The number of aromatic carboxylic acids is 1. The van der Waals surface area contributed by atoms with Crippen LogP contribution in [0.25, 0.3) is 0 Å². The van der Waals surface area contributed by atoms with Crippen molar-refractivity contribution in [1.82, 2.24) is 0 Å². The molecule has 2 aromatic rings.